The third-order valence-electron chi connectivity index (χ3n) is 7.58. The summed E-state index contributed by atoms with van der Waals surface area (Å²) in [4.78, 5) is 11.5. The van der Waals surface area contributed by atoms with Crippen molar-refractivity contribution in [1.29, 1.82) is 0 Å². The lowest BCUT2D eigenvalue weighted by atomic mass is 9.73. The molecule has 0 saturated heterocycles. The fourth-order valence-electron chi connectivity index (χ4n) is 5.90. The van der Waals surface area contributed by atoms with Crippen LogP contribution in [0.3, 0.4) is 0 Å². The van der Waals surface area contributed by atoms with Gasteiger partial charge in [-0.25, -0.2) is 4.79 Å². The predicted octanol–water partition coefficient (Wildman–Crippen LogP) is 6.22. The fraction of sp³-hybridized carbons (Fsp3) is 0.731. The van der Waals surface area contributed by atoms with E-state index >= 15 is 0 Å². The molecule has 3 heteroatoms. The molecule has 0 aromatic heterocycles. The Kier molecular flexibility index (Phi) is 8.03. The largest absolute Gasteiger partial charge is 0.482 e. The summed E-state index contributed by atoms with van der Waals surface area (Å²) >= 11 is 0. The molecule has 0 radical (unpaired) electrons. The Morgan fingerprint density at radius 1 is 1.21 bits per heavy atom. The van der Waals surface area contributed by atoms with Crippen LogP contribution in [-0.4, -0.2) is 19.7 Å². The van der Waals surface area contributed by atoms with Crippen LogP contribution in [0.4, 0.5) is 0 Å². The van der Waals surface area contributed by atoms with Gasteiger partial charge in [0.25, 0.3) is 0 Å². The van der Waals surface area contributed by atoms with E-state index in [9.17, 15) is 4.79 Å². The van der Waals surface area contributed by atoms with Gasteiger partial charge in [0.05, 0.1) is 7.11 Å². The highest BCUT2D eigenvalue weighted by atomic mass is 16.6. The van der Waals surface area contributed by atoms with Crippen molar-refractivity contribution in [3.63, 3.8) is 0 Å². The van der Waals surface area contributed by atoms with E-state index in [0.29, 0.717) is 0 Å². The minimum atomic E-state index is -0.320. The SMILES string of the molecule is CCCCCC(C)CC[C@@H]1[C@H]2Cc3cccc(OCC(=O)OC)c3C[C@H]2C[C@H]1C. The molecule has 29 heavy (non-hydrogen) atoms. The fourth-order valence-corrected chi connectivity index (χ4v) is 5.90. The molecular formula is C26H40O3. The van der Waals surface area contributed by atoms with Crippen molar-refractivity contribution in [2.75, 3.05) is 13.7 Å². The van der Waals surface area contributed by atoms with E-state index in [0.717, 1.165) is 41.8 Å². The molecule has 1 saturated carbocycles. The maximum Gasteiger partial charge on any atom is 0.343 e. The van der Waals surface area contributed by atoms with Gasteiger partial charge in [0.15, 0.2) is 6.61 Å². The number of hydrogen-bond acceptors (Lipinski definition) is 3. The zero-order valence-corrected chi connectivity index (χ0v) is 18.9. The second-order valence-electron chi connectivity index (χ2n) is 9.65. The third kappa shape index (κ3) is 5.55. The Balaban J connectivity index is 1.62. The lowest BCUT2D eigenvalue weighted by Gasteiger charge is -2.33. The van der Waals surface area contributed by atoms with Crippen molar-refractivity contribution in [2.45, 2.75) is 78.6 Å². The first-order valence-corrected chi connectivity index (χ1v) is 11.8. The Bertz CT molecular complexity index is 668. The minimum absolute atomic E-state index is 0.00397. The van der Waals surface area contributed by atoms with Gasteiger partial charge in [0.2, 0.25) is 0 Å². The normalized spacial score (nSPS) is 26.5. The number of carbonyl (C=O) groups excluding carboxylic acids is 1. The molecule has 0 aliphatic heterocycles. The number of benzene rings is 1. The Hall–Kier alpha value is -1.51. The van der Waals surface area contributed by atoms with Crippen LogP contribution in [0.15, 0.2) is 18.2 Å². The zero-order valence-electron chi connectivity index (χ0n) is 18.9. The highest BCUT2D eigenvalue weighted by Crippen LogP contribution is 2.51. The number of unbranched alkanes of at least 4 members (excludes halogenated alkanes) is 2. The van der Waals surface area contributed by atoms with E-state index in [-0.39, 0.29) is 12.6 Å². The number of hydrogen-bond donors (Lipinski definition) is 0. The standard InChI is InChI=1S/C26H40O3/c1-5-6-7-9-18(2)12-13-22-19(3)14-21-16-24-20(15-23(21)22)10-8-11-25(24)29-17-26(27)28-4/h8,10-11,18-19,21-23H,5-7,9,12-17H2,1-4H3/t18?,19-,21-,22+,23+/m1/s1. The van der Waals surface area contributed by atoms with Crippen molar-refractivity contribution >= 4 is 5.97 Å². The van der Waals surface area contributed by atoms with Crippen molar-refractivity contribution in [2.24, 2.45) is 29.6 Å². The van der Waals surface area contributed by atoms with Gasteiger partial charge in [0, 0.05) is 0 Å². The van der Waals surface area contributed by atoms with Crippen LogP contribution in [0.2, 0.25) is 0 Å². The van der Waals surface area contributed by atoms with Gasteiger partial charge in [-0.1, -0.05) is 65.0 Å². The lowest BCUT2D eigenvalue weighted by molar-refractivity contribution is -0.142. The number of rotatable bonds is 10. The van der Waals surface area contributed by atoms with E-state index < -0.39 is 0 Å². The molecule has 0 amide bonds. The second kappa shape index (κ2) is 10.5. The number of fused-ring (bicyclic) bond motifs is 2. The van der Waals surface area contributed by atoms with Crippen LogP contribution >= 0.6 is 0 Å². The molecule has 162 valence electrons. The van der Waals surface area contributed by atoms with Crippen LogP contribution in [-0.2, 0) is 22.4 Å². The molecule has 0 spiro atoms. The van der Waals surface area contributed by atoms with Gasteiger partial charge in [-0.05, 0) is 72.5 Å². The quantitative estimate of drug-likeness (QED) is 0.345. The maximum atomic E-state index is 11.5. The van der Waals surface area contributed by atoms with Crippen LogP contribution in [0.5, 0.6) is 5.75 Å². The molecule has 3 nitrogen and oxygen atoms in total. The zero-order chi connectivity index (χ0) is 20.8. The van der Waals surface area contributed by atoms with Gasteiger partial charge >= 0.3 is 5.97 Å². The van der Waals surface area contributed by atoms with Gasteiger partial charge in [0.1, 0.15) is 5.75 Å². The number of ether oxygens (including phenoxy) is 2. The Labute approximate surface area is 177 Å². The van der Waals surface area contributed by atoms with E-state index in [1.807, 2.05) is 6.07 Å². The first kappa shape index (κ1) is 22.2. The first-order chi connectivity index (χ1) is 14.0. The molecule has 1 aromatic carbocycles. The van der Waals surface area contributed by atoms with Crippen LogP contribution in [0.1, 0.15) is 76.8 Å². The van der Waals surface area contributed by atoms with E-state index in [2.05, 4.69) is 32.9 Å². The second-order valence-corrected chi connectivity index (χ2v) is 9.65. The van der Waals surface area contributed by atoms with Gasteiger partial charge < -0.3 is 9.47 Å². The summed E-state index contributed by atoms with van der Waals surface area (Å²) in [6.07, 6.45) is 11.9. The van der Waals surface area contributed by atoms with E-state index in [1.165, 1.54) is 69.6 Å². The number of esters is 1. The molecule has 2 aliphatic carbocycles. The molecular weight excluding hydrogens is 360 g/mol. The van der Waals surface area contributed by atoms with Crippen LogP contribution in [0, 0.1) is 29.6 Å². The average molecular weight is 401 g/mol. The molecule has 1 aromatic rings. The summed E-state index contributed by atoms with van der Waals surface area (Å²) in [5.74, 6) is 4.69. The smallest absolute Gasteiger partial charge is 0.343 e. The lowest BCUT2D eigenvalue weighted by Crippen LogP contribution is -2.26. The van der Waals surface area contributed by atoms with Gasteiger partial charge in [-0.3, -0.25) is 0 Å². The third-order valence-corrected chi connectivity index (χ3v) is 7.58. The Morgan fingerprint density at radius 2 is 2.03 bits per heavy atom. The average Bonchev–Trinajstić information content (AvgIpc) is 3.02. The van der Waals surface area contributed by atoms with Crippen molar-refractivity contribution in [3.05, 3.63) is 29.3 Å². The molecule has 0 heterocycles. The first-order valence-electron chi connectivity index (χ1n) is 11.8. The molecule has 2 aliphatic rings. The van der Waals surface area contributed by atoms with Crippen LogP contribution < -0.4 is 4.74 Å². The van der Waals surface area contributed by atoms with E-state index in [4.69, 9.17) is 9.47 Å². The maximum absolute atomic E-state index is 11.5. The highest BCUT2D eigenvalue weighted by molar-refractivity contribution is 5.71. The van der Waals surface area contributed by atoms with Gasteiger partial charge in [-0.15, -0.1) is 0 Å². The summed E-state index contributed by atoms with van der Waals surface area (Å²) in [5.41, 5.74) is 2.77. The van der Waals surface area contributed by atoms with Crippen molar-refractivity contribution < 1.29 is 14.3 Å². The minimum Gasteiger partial charge on any atom is -0.482 e. The molecule has 0 bridgehead atoms. The van der Waals surface area contributed by atoms with E-state index in [1.54, 1.807) is 0 Å². The highest BCUT2D eigenvalue weighted by Gasteiger charge is 2.43. The van der Waals surface area contributed by atoms with Gasteiger partial charge in [-0.2, -0.15) is 0 Å². The molecule has 1 fully saturated rings. The summed E-state index contributed by atoms with van der Waals surface area (Å²) in [6.45, 7) is 7.21. The monoisotopic (exact) mass is 400 g/mol. The van der Waals surface area contributed by atoms with Crippen molar-refractivity contribution in [3.8, 4) is 5.75 Å². The molecule has 3 rings (SSSR count). The predicted molar refractivity (Wildman–Crippen MR) is 118 cm³/mol. The molecule has 5 atom stereocenters. The van der Waals surface area contributed by atoms with Crippen molar-refractivity contribution in [1.82, 2.24) is 0 Å². The molecule has 1 unspecified atom stereocenters. The summed E-state index contributed by atoms with van der Waals surface area (Å²) < 4.78 is 10.5. The number of methoxy groups -OCH3 is 1. The topological polar surface area (TPSA) is 35.5 Å². The summed E-state index contributed by atoms with van der Waals surface area (Å²) in [5, 5.41) is 0. The van der Waals surface area contributed by atoms with Crippen LogP contribution in [0.25, 0.3) is 0 Å². The number of carbonyl (C=O) groups is 1. The summed E-state index contributed by atoms with van der Waals surface area (Å²) in [7, 11) is 1.40. The Morgan fingerprint density at radius 3 is 2.79 bits per heavy atom. The summed E-state index contributed by atoms with van der Waals surface area (Å²) in [6, 6.07) is 6.36. The molecule has 0 N–H and O–H groups in total.